The molecule has 0 saturated heterocycles. The van der Waals surface area contributed by atoms with Gasteiger partial charge in [-0.3, -0.25) is 9.59 Å². The van der Waals surface area contributed by atoms with Gasteiger partial charge in [0, 0.05) is 19.3 Å². The van der Waals surface area contributed by atoms with Crippen LogP contribution in [0.2, 0.25) is 0 Å². The first-order valence-electron chi connectivity index (χ1n) is 6.81. The van der Waals surface area contributed by atoms with E-state index in [4.69, 9.17) is 4.74 Å². The van der Waals surface area contributed by atoms with Crippen molar-refractivity contribution in [2.45, 2.75) is 13.0 Å². The second-order valence-electron chi connectivity index (χ2n) is 4.81. The van der Waals surface area contributed by atoms with Crippen LogP contribution in [0.15, 0.2) is 41.1 Å². The van der Waals surface area contributed by atoms with Crippen LogP contribution in [-0.2, 0) is 14.3 Å². The lowest BCUT2D eigenvalue weighted by Gasteiger charge is -2.14. The molecule has 6 heteroatoms. The minimum Gasteiger partial charge on any atom is -0.375 e. The molecule has 1 aromatic heterocycles. The van der Waals surface area contributed by atoms with E-state index in [1.54, 1.807) is 30.6 Å². The molecule has 5 nitrogen and oxygen atoms in total. The Morgan fingerprint density at radius 2 is 2.09 bits per heavy atom. The van der Waals surface area contributed by atoms with E-state index in [0.717, 1.165) is 11.1 Å². The second-order valence-corrected chi connectivity index (χ2v) is 5.59. The maximum absolute atomic E-state index is 11.8. The Morgan fingerprint density at radius 3 is 2.73 bits per heavy atom. The molecule has 0 aliphatic carbocycles. The predicted octanol–water partition coefficient (Wildman–Crippen LogP) is 2.50. The lowest BCUT2D eigenvalue weighted by molar-refractivity contribution is -0.136. The summed E-state index contributed by atoms with van der Waals surface area (Å²) in [5, 5.41) is 9.04. The number of aryl methyl sites for hydroxylation is 1. The van der Waals surface area contributed by atoms with Crippen molar-refractivity contribution in [3.05, 3.63) is 52.2 Å². The molecule has 1 heterocycles. The maximum Gasteiger partial charge on any atom is 0.313 e. The fourth-order valence-corrected chi connectivity index (χ4v) is 2.67. The van der Waals surface area contributed by atoms with Crippen LogP contribution in [0.4, 0.5) is 5.69 Å². The molecule has 0 aliphatic heterocycles. The highest BCUT2D eigenvalue weighted by molar-refractivity contribution is 7.07. The number of hydrogen-bond acceptors (Lipinski definition) is 4. The van der Waals surface area contributed by atoms with E-state index in [-0.39, 0.29) is 12.6 Å². The van der Waals surface area contributed by atoms with Gasteiger partial charge >= 0.3 is 11.8 Å². The van der Waals surface area contributed by atoms with Gasteiger partial charge in [-0.15, -0.1) is 0 Å². The van der Waals surface area contributed by atoms with Gasteiger partial charge in [0.15, 0.2) is 0 Å². The van der Waals surface area contributed by atoms with Crippen LogP contribution in [0, 0.1) is 6.92 Å². The van der Waals surface area contributed by atoms with Crippen molar-refractivity contribution < 1.29 is 14.3 Å². The number of nitrogens with one attached hydrogen (secondary N) is 2. The van der Waals surface area contributed by atoms with Crippen LogP contribution in [0.3, 0.4) is 0 Å². The van der Waals surface area contributed by atoms with Gasteiger partial charge in [0.25, 0.3) is 0 Å². The third kappa shape index (κ3) is 4.41. The number of hydrogen-bond donors (Lipinski definition) is 2. The Bertz CT molecular complexity index is 641. The topological polar surface area (TPSA) is 67.4 Å². The summed E-state index contributed by atoms with van der Waals surface area (Å²) in [6, 6.07) is 9.20. The lowest BCUT2D eigenvalue weighted by Crippen LogP contribution is -2.37. The molecule has 1 unspecified atom stereocenters. The highest BCUT2D eigenvalue weighted by Gasteiger charge is 2.17. The van der Waals surface area contributed by atoms with Crippen LogP contribution in [0.5, 0.6) is 0 Å². The van der Waals surface area contributed by atoms with Gasteiger partial charge in [-0.05, 0) is 47.0 Å². The van der Waals surface area contributed by atoms with Gasteiger partial charge in [0.05, 0.1) is 0 Å². The zero-order valence-corrected chi connectivity index (χ0v) is 13.3. The molecule has 2 N–H and O–H groups in total. The summed E-state index contributed by atoms with van der Waals surface area (Å²) in [7, 11) is 1.57. The van der Waals surface area contributed by atoms with E-state index in [0.29, 0.717) is 5.69 Å². The van der Waals surface area contributed by atoms with E-state index >= 15 is 0 Å². The molecule has 2 aromatic rings. The summed E-state index contributed by atoms with van der Waals surface area (Å²) in [6.45, 7) is 2.16. The van der Waals surface area contributed by atoms with Gasteiger partial charge in [-0.25, -0.2) is 0 Å². The molecule has 1 atom stereocenters. The van der Waals surface area contributed by atoms with E-state index in [2.05, 4.69) is 10.6 Å². The Morgan fingerprint density at radius 1 is 1.27 bits per heavy atom. The number of ether oxygens (including phenoxy) is 1. The first-order valence-corrected chi connectivity index (χ1v) is 7.75. The molecule has 0 radical (unpaired) electrons. The van der Waals surface area contributed by atoms with Gasteiger partial charge < -0.3 is 15.4 Å². The highest BCUT2D eigenvalue weighted by atomic mass is 32.1. The van der Waals surface area contributed by atoms with Crippen molar-refractivity contribution in [1.82, 2.24) is 5.32 Å². The highest BCUT2D eigenvalue weighted by Crippen LogP contribution is 2.18. The van der Waals surface area contributed by atoms with Gasteiger partial charge in [-0.1, -0.05) is 12.1 Å². The third-order valence-corrected chi connectivity index (χ3v) is 3.83. The Balaban J connectivity index is 1.87. The fraction of sp³-hybridized carbons (Fsp3) is 0.250. The van der Waals surface area contributed by atoms with Crippen molar-refractivity contribution in [3.8, 4) is 0 Å². The zero-order chi connectivity index (χ0) is 15.9. The van der Waals surface area contributed by atoms with Crippen molar-refractivity contribution in [2.75, 3.05) is 19.0 Å². The summed E-state index contributed by atoms with van der Waals surface area (Å²) in [5.74, 6) is -1.37. The Kier molecular flexibility index (Phi) is 5.68. The number of thiophene rings is 1. The van der Waals surface area contributed by atoms with Crippen LogP contribution < -0.4 is 10.6 Å². The van der Waals surface area contributed by atoms with Crippen molar-refractivity contribution >= 4 is 28.8 Å². The summed E-state index contributed by atoms with van der Waals surface area (Å²) in [6.07, 6.45) is -0.262. The van der Waals surface area contributed by atoms with Crippen molar-refractivity contribution in [2.24, 2.45) is 0 Å². The molecule has 0 spiro atoms. The van der Waals surface area contributed by atoms with Gasteiger partial charge in [0.1, 0.15) is 6.10 Å². The predicted molar refractivity (Wildman–Crippen MR) is 86.9 cm³/mol. The minimum atomic E-state index is -0.689. The summed E-state index contributed by atoms with van der Waals surface area (Å²) in [4.78, 5) is 23.7. The third-order valence-electron chi connectivity index (χ3n) is 3.13. The van der Waals surface area contributed by atoms with Gasteiger partial charge in [0.2, 0.25) is 0 Å². The second kappa shape index (κ2) is 7.72. The molecule has 2 amide bonds. The summed E-state index contributed by atoms with van der Waals surface area (Å²) >= 11 is 1.55. The van der Waals surface area contributed by atoms with E-state index in [1.807, 2.05) is 35.9 Å². The molecule has 0 fully saturated rings. The molecule has 116 valence electrons. The number of benzene rings is 1. The average Bonchev–Trinajstić information content (AvgIpc) is 3.02. The van der Waals surface area contributed by atoms with E-state index < -0.39 is 11.8 Å². The molecule has 0 bridgehead atoms. The minimum absolute atomic E-state index is 0.243. The van der Waals surface area contributed by atoms with Gasteiger partial charge in [-0.2, -0.15) is 11.3 Å². The molecule has 2 rings (SSSR count). The SMILES string of the molecule is COC(CNC(=O)C(=O)Nc1cccc(C)c1)c1ccsc1. The van der Waals surface area contributed by atoms with E-state index in [1.165, 1.54) is 0 Å². The largest absolute Gasteiger partial charge is 0.375 e. The number of anilines is 1. The summed E-state index contributed by atoms with van der Waals surface area (Å²) < 4.78 is 5.32. The first kappa shape index (κ1) is 16.2. The fourth-order valence-electron chi connectivity index (χ4n) is 1.97. The average molecular weight is 318 g/mol. The smallest absolute Gasteiger partial charge is 0.313 e. The molecular formula is C16H18N2O3S. The first-order chi connectivity index (χ1) is 10.6. The number of rotatable bonds is 5. The molecule has 0 saturated carbocycles. The lowest BCUT2D eigenvalue weighted by atomic mass is 10.2. The molecule has 1 aromatic carbocycles. The Hall–Kier alpha value is -2.18. The van der Waals surface area contributed by atoms with Crippen LogP contribution in [0.1, 0.15) is 17.2 Å². The molecule has 22 heavy (non-hydrogen) atoms. The number of methoxy groups -OCH3 is 1. The number of carbonyl (C=O) groups excluding carboxylic acids is 2. The monoisotopic (exact) mass is 318 g/mol. The molecular weight excluding hydrogens is 300 g/mol. The van der Waals surface area contributed by atoms with Crippen LogP contribution in [-0.4, -0.2) is 25.5 Å². The summed E-state index contributed by atoms with van der Waals surface area (Å²) in [5.41, 5.74) is 2.59. The zero-order valence-electron chi connectivity index (χ0n) is 12.5. The number of amides is 2. The van der Waals surface area contributed by atoms with Crippen LogP contribution in [0.25, 0.3) is 0 Å². The van der Waals surface area contributed by atoms with E-state index in [9.17, 15) is 9.59 Å². The van der Waals surface area contributed by atoms with Crippen molar-refractivity contribution in [3.63, 3.8) is 0 Å². The normalized spacial score (nSPS) is 11.7. The standard InChI is InChI=1S/C16H18N2O3S/c1-11-4-3-5-13(8-11)18-16(20)15(19)17-9-14(21-2)12-6-7-22-10-12/h3-8,10,14H,9H2,1-2H3,(H,17,19)(H,18,20). The maximum atomic E-state index is 11.8. The Labute approximate surface area is 133 Å². The van der Waals surface area contributed by atoms with Crippen LogP contribution >= 0.6 is 11.3 Å². The van der Waals surface area contributed by atoms with Crippen molar-refractivity contribution in [1.29, 1.82) is 0 Å². The quantitative estimate of drug-likeness (QED) is 0.832. The number of carbonyl (C=O) groups is 2. The molecule has 0 aliphatic rings.